The van der Waals surface area contributed by atoms with Gasteiger partial charge in [0.05, 0.1) is 12.8 Å². The van der Waals surface area contributed by atoms with Crippen molar-refractivity contribution < 1.29 is 4.74 Å². The van der Waals surface area contributed by atoms with Crippen LogP contribution in [0.15, 0.2) is 29.1 Å². The second-order valence-electron chi connectivity index (χ2n) is 7.34. The summed E-state index contributed by atoms with van der Waals surface area (Å²) in [5.41, 5.74) is 0.581. The summed E-state index contributed by atoms with van der Waals surface area (Å²) >= 11 is 0. The van der Waals surface area contributed by atoms with Crippen LogP contribution < -0.4 is 10.4 Å². The van der Waals surface area contributed by atoms with E-state index in [2.05, 4.69) is 15.0 Å². The molecule has 1 aliphatic heterocycles. The van der Waals surface area contributed by atoms with Gasteiger partial charge in [-0.2, -0.15) is 4.68 Å². The molecule has 1 aromatic carbocycles. The molecule has 4 rings (SSSR count). The average molecular weight is 342 g/mol. The largest absolute Gasteiger partial charge is 0.497 e. The first-order chi connectivity index (χ1) is 12.2. The number of aromatic nitrogens is 3. The third-order valence-corrected chi connectivity index (χ3v) is 5.54. The van der Waals surface area contributed by atoms with E-state index in [0.29, 0.717) is 5.92 Å². The molecule has 1 saturated heterocycles. The fourth-order valence-corrected chi connectivity index (χ4v) is 4.05. The summed E-state index contributed by atoms with van der Waals surface area (Å²) in [5, 5.41) is 4.52. The Morgan fingerprint density at radius 1 is 1.16 bits per heavy atom. The Morgan fingerprint density at radius 2 is 1.88 bits per heavy atom. The van der Waals surface area contributed by atoms with Gasteiger partial charge in [0, 0.05) is 25.6 Å². The van der Waals surface area contributed by atoms with Crippen molar-refractivity contribution in [2.75, 3.05) is 26.7 Å². The Morgan fingerprint density at radius 3 is 2.56 bits per heavy atom. The molecule has 2 aliphatic rings. The number of H-pyrrole nitrogens is 1. The van der Waals surface area contributed by atoms with Crippen LogP contribution >= 0.6 is 0 Å². The molecule has 1 aromatic heterocycles. The van der Waals surface area contributed by atoms with Crippen LogP contribution in [0, 0.1) is 5.92 Å². The predicted molar refractivity (Wildman–Crippen MR) is 96.5 cm³/mol. The van der Waals surface area contributed by atoms with E-state index in [4.69, 9.17) is 4.74 Å². The third kappa shape index (κ3) is 3.49. The molecule has 134 valence electrons. The first-order valence-electron chi connectivity index (χ1n) is 9.29. The molecule has 0 spiro atoms. The van der Waals surface area contributed by atoms with Crippen LogP contribution in [-0.4, -0.2) is 46.4 Å². The Labute approximate surface area is 147 Å². The van der Waals surface area contributed by atoms with Crippen molar-refractivity contribution in [3.05, 3.63) is 40.6 Å². The maximum absolute atomic E-state index is 12.2. The Balaban J connectivity index is 1.38. The number of methoxy groups -OCH3 is 1. The second-order valence-corrected chi connectivity index (χ2v) is 7.34. The standard InChI is InChI=1S/C19H26N4O2/c1-25-17-9-7-16(8-10-17)23-19(24)20-18(21-23)15-12-22(13-15)11-14-5-3-2-4-6-14/h7-10,14-15H,2-6,11-13H2,1H3,(H,20,21,24). The molecule has 1 N–H and O–H groups in total. The first-order valence-corrected chi connectivity index (χ1v) is 9.29. The molecule has 0 amide bonds. The zero-order chi connectivity index (χ0) is 17.2. The lowest BCUT2D eigenvalue weighted by atomic mass is 9.87. The van der Waals surface area contributed by atoms with Gasteiger partial charge in [0.25, 0.3) is 0 Å². The summed E-state index contributed by atoms with van der Waals surface area (Å²) in [7, 11) is 1.63. The highest BCUT2D eigenvalue weighted by Crippen LogP contribution is 2.29. The Kier molecular flexibility index (Phi) is 4.61. The van der Waals surface area contributed by atoms with Gasteiger partial charge < -0.3 is 9.64 Å². The number of ether oxygens (including phenoxy) is 1. The van der Waals surface area contributed by atoms with E-state index in [0.717, 1.165) is 36.3 Å². The zero-order valence-corrected chi connectivity index (χ0v) is 14.8. The van der Waals surface area contributed by atoms with E-state index in [1.807, 2.05) is 24.3 Å². The monoisotopic (exact) mass is 342 g/mol. The van der Waals surface area contributed by atoms with Crippen molar-refractivity contribution >= 4 is 0 Å². The van der Waals surface area contributed by atoms with Crippen LogP contribution in [-0.2, 0) is 0 Å². The highest BCUT2D eigenvalue weighted by molar-refractivity contribution is 5.36. The van der Waals surface area contributed by atoms with Crippen molar-refractivity contribution in [3.63, 3.8) is 0 Å². The topological polar surface area (TPSA) is 63.1 Å². The third-order valence-electron chi connectivity index (χ3n) is 5.54. The fraction of sp³-hybridized carbons (Fsp3) is 0.579. The van der Waals surface area contributed by atoms with Crippen LogP contribution in [0.4, 0.5) is 0 Å². The van der Waals surface area contributed by atoms with E-state index in [1.165, 1.54) is 43.3 Å². The summed E-state index contributed by atoms with van der Waals surface area (Å²) in [6, 6.07) is 7.37. The molecular weight excluding hydrogens is 316 g/mol. The lowest BCUT2D eigenvalue weighted by Crippen LogP contribution is -2.47. The molecule has 6 nitrogen and oxygen atoms in total. The minimum atomic E-state index is -0.175. The molecular formula is C19H26N4O2. The average Bonchev–Trinajstić information content (AvgIpc) is 3.00. The summed E-state index contributed by atoms with van der Waals surface area (Å²) in [5.74, 6) is 2.78. The van der Waals surface area contributed by atoms with E-state index in [-0.39, 0.29) is 5.69 Å². The molecule has 0 unspecified atom stereocenters. The summed E-state index contributed by atoms with van der Waals surface area (Å²) in [6.45, 7) is 3.22. The highest BCUT2D eigenvalue weighted by Gasteiger charge is 2.32. The lowest BCUT2D eigenvalue weighted by molar-refractivity contribution is 0.107. The van der Waals surface area contributed by atoms with Crippen molar-refractivity contribution in [3.8, 4) is 11.4 Å². The van der Waals surface area contributed by atoms with Gasteiger partial charge in [0.2, 0.25) is 0 Å². The maximum atomic E-state index is 12.2. The van der Waals surface area contributed by atoms with Gasteiger partial charge >= 0.3 is 5.69 Å². The van der Waals surface area contributed by atoms with Gasteiger partial charge in [-0.15, -0.1) is 5.10 Å². The van der Waals surface area contributed by atoms with Crippen molar-refractivity contribution in [1.29, 1.82) is 0 Å². The Hall–Kier alpha value is -2.08. The van der Waals surface area contributed by atoms with E-state index < -0.39 is 0 Å². The lowest BCUT2D eigenvalue weighted by Gasteiger charge is -2.40. The van der Waals surface area contributed by atoms with Gasteiger partial charge in [0.1, 0.15) is 11.6 Å². The number of nitrogens with zero attached hydrogens (tertiary/aromatic N) is 3. The summed E-state index contributed by atoms with van der Waals surface area (Å²) in [6.07, 6.45) is 6.94. The van der Waals surface area contributed by atoms with Gasteiger partial charge in [-0.05, 0) is 43.0 Å². The second kappa shape index (κ2) is 7.04. The molecule has 0 atom stereocenters. The molecule has 2 fully saturated rings. The molecule has 0 radical (unpaired) electrons. The smallest absolute Gasteiger partial charge is 0.348 e. The van der Waals surface area contributed by atoms with Crippen LogP contribution in [0.25, 0.3) is 5.69 Å². The van der Waals surface area contributed by atoms with Crippen LogP contribution in [0.2, 0.25) is 0 Å². The fourth-order valence-electron chi connectivity index (χ4n) is 4.05. The van der Waals surface area contributed by atoms with Gasteiger partial charge in [-0.1, -0.05) is 19.3 Å². The van der Waals surface area contributed by atoms with E-state index >= 15 is 0 Å². The molecule has 1 saturated carbocycles. The molecule has 6 heteroatoms. The maximum Gasteiger partial charge on any atom is 0.348 e. The molecule has 2 heterocycles. The number of nitrogens with one attached hydrogen (secondary N) is 1. The van der Waals surface area contributed by atoms with Crippen molar-refractivity contribution in [1.82, 2.24) is 19.7 Å². The minimum Gasteiger partial charge on any atom is -0.497 e. The van der Waals surface area contributed by atoms with Crippen LogP contribution in [0.1, 0.15) is 43.8 Å². The number of rotatable bonds is 5. The summed E-state index contributed by atoms with van der Waals surface area (Å²) in [4.78, 5) is 17.7. The van der Waals surface area contributed by atoms with Crippen molar-refractivity contribution in [2.24, 2.45) is 5.92 Å². The normalized spacial score (nSPS) is 19.7. The molecule has 0 bridgehead atoms. The number of likely N-dealkylation sites (tertiary alicyclic amines) is 1. The molecule has 25 heavy (non-hydrogen) atoms. The predicted octanol–water partition coefficient (Wildman–Crippen LogP) is 2.55. The number of hydrogen-bond acceptors (Lipinski definition) is 4. The van der Waals surface area contributed by atoms with Gasteiger partial charge in [-0.3, -0.25) is 4.98 Å². The van der Waals surface area contributed by atoms with Crippen molar-refractivity contribution in [2.45, 2.75) is 38.0 Å². The summed E-state index contributed by atoms with van der Waals surface area (Å²) < 4.78 is 6.60. The van der Waals surface area contributed by atoms with E-state index in [1.54, 1.807) is 7.11 Å². The van der Waals surface area contributed by atoms with Gasteiger partial charge in [0.15, 0.2) is 0 Å². The molecule has 1 aliphatic carbocycles. The van der Waals surface area contributed by atoms with Gasteiger partial charge in [-0.25, -0.2) is 4.79 Å². The highest BCUT2D eigenvalue weighted by atomic mass is 16.5. The Bertz CT molecular complexity index is 752. The first kappa shape index (κ1) is 16.4. The van der Waals surface area contributed by atoms with Crippen LogP contribution in [0.3, 0.4) is 0 Å². The van der Waals surface area contributed by atoms with E-state index in [9.17, 15) is 4.79 Å². The molecule has 2 aromatic rings. The SMILES string of the molecule is COc1ccc(-n2nc(C3CN(CC4CCCCC4)C3)[nH]c2=O)cc1. The van der Waals surface area contributed by atoms with Crippen LogP contribution in [0.5, 0.6) is 5.75 Å². The number of benzene rings is 1. The number of aromatic amines is 1. The number of hydrogen-bond donors (Lipinski definition) is 1. The quantitative estimate of drug-likeness (QED) is 0.907. The zero-order valence-electron chi connectivity index (χ0n) is 14.8. The minimum absolute atomic E-state index is 0.175.